The molecule has 20 heavy (non-hydrogen) atoms. The maximum Gasteiger partial charge on any atom is 0.258 e. The number of hydrogen-bond acceptors (Lipinski definition) is 2. The van der Waals surface area contributed by atoms with Gasteiger partial charge in [-0.3, -0.25) is 9.59 Å². The number of para-hydroxylation sites is 1. The highest BCUT2D eigenvalue weighted by Gasteiger charge is 2.16. The molecule has 0 saturated heterocycles. The summed E-state index contributed by atoms with van der Waals surface area (Å²) in [6.45, 7) is 0. The molecular weight excluding hydrogens is 259 g/mol. The molecule has 0 saturated carbocycles. The van der Waals surface area contributed by atoms with Gasteiger partial charge in [0.15, 0.2) is 0 Å². The zero-order valence-corrected chi connectivity index (χ0v) is 10.8. The Morgan fingerprint density at radius 1 is 1.00 bits per heavy atom. The fraction of sp³-hybridized carbons (Fsp3) is 0.0667. The van der Waals surface area contributed by atoms with E-state index in [0.29, 0.717) is 11.1 Å². The maximum absolute atomic E-state index is 13.6. The normalized spacial score (nSPS) is 10.1. The summed E-state index contributed by atoms with van der Waals surface area (Å²) in [5.74, 6) is -1.41. The minimum atomic E-state index is -0.563. The quantitative estimate of drug-likeness (QED) is 0.931. The summed E-state index contributed by atoms with van der Waals surface area (Å²) in [4.78, 5) is 24.4. The molecule has 0 atom stereocenters. The minimum absolute atomic E-state index is 0.191. The van der Waals surface area contributed by atoms with Crippen LogP contribution in [0.1, 0.15) is 20.7 Å². The van der Waals surface area contributed by atoms with E-state index in [9.17, 15) is 14.0 Å². The van der Waals surface area contributed by atoms with E-state index in [1.54, 1.807) is 12.1 Å². The Kier molecular flexibility index (Phi) is 3.79. The number of carbonyl (C=O) groups excluding carboxylic acids is 2. The highest BCUT2D eigenvalue weighted by atomic mass is 19.1. The highest BCUT2D eigenvalue weighted by Crippen LogP contribution is 2.19. The van der Waals surface area contributed by atoms with Gasteiger partial charge >= 0.3 is 0 Å². The van der Waals surface area contributed by atoms with Crippen LogP contribution in [0.4, 0.5) is 10.1 Å². The third-order valence-electron chi connectivity index (χ3n) is 2.93. The molecule has 4 nitrogen and oxygen atoms in total. The predicted molar refractivity (Wildman–Crippen MR) is 74.1 cm³/mol. The molecule has 0 radical (unpaired) electrons. The lowest BCUT2D eigenvalue weighted by Crippen LogP contribution is -2.27. The fourth-order valence-corrected chi connectivity index (χ4v) is 1.80. The van der Waals surface area contributed by atoms with Crippen molar-refractivity contribution in [1.82, 2.24) is 0 Å². The summed E-state index contributed by atoms with van der Waals surface area (Å²) in [6.07, 6.45) is 0. The molecule has 102 valence electrons. The lowest BCUT2D eigenvalue weighted by atomic mass is 10.1. The molecule has 2 aromatic carbocycles. The maximum atomic E-state index is 13.6. The predicted octanol–water partition coefficient (Wildman–Crippen LogP) is 2.20. The number of benzene rings is 2. The van der Waals surface area contributed by atoms with E-state index in [1.807, 2.05) is 0 Å². The van der Waals surface area contributed by atoms with Crippen LogP contribution in [0.25, 0.3) is 0 Å². The van der Waals surface area contributed by atoms with Gasteiger partial charge in [0.25, 0.3) is 5.91 Å². The number of nitrogens with zero attached hydrogens (tertiary/aromatic N) is 1. The largest absolute Gasteiger partial charge is 0.366 e. The topological polar surface area (TPSA) is 63.4 Å². The zero-order valence-electron chi connectivity index (χ0n) is 10.8. The van der Waals surface area contributed by atoms with E-state index < -0.39 is 11.7 Å². The molecule has 0 aliphatic rings. The Morgan fingerprint density at radius 2 is 1.55 bits per heavy atom. The average Bonchev–Trinajstić information content (AvgIpc) is 2.46. The molecular formula is C15H13FN2O2. The van der Waals surface area contributed by atoms with Crippen molar-refractivity contribution in [3.63, 3.8) is 0 Å². The standard InChI is InChI=1S/C15H13FN2O2/c1-18(13-5-3-2-4-12(13)16)15(20)11-8-6-10(7-9-11)14(17)19/h2-9H,1H3,(H2,17,19). The van der Waals surface area contributed by atoms with Crippen LogP contribution in [0.5, 0.6) is 0 Å². The first-order valence-corrected chi connectivity index (χ1v) is 5.93. The van der Waals surface area contributed by atoms with Crippen LogP contribution in [0.2, 0.25) is 0 Å². The Morgan fingerprint density at radius 3 is 2.10 bits per heavy atom. The third kappa shape index (κ3) is 2.66. The van der Waals surface area contributed by atoms with Crippen molar-refractivity contribution in [2.24, 2.45) is 5.73 Å². The van der Waals surface area contributed by atoms with Crippen molar-refractivity contribution in [3.8, 4) is 0 Å². The smallest absolute Gasteiger partial charge is 0.258 e. The molecule has 0 unspecified atom stereocenters. The second kappa shape index (κ2) is 5.52. The first kappa shape index (κ1) is 13.7. The van der Waals surface area contributed by atoms with Gasteiger partial charge in [-0.05, 0) is 36.4 Å². The molecule has 0 spiro atoms. The second-order valence-corrected chi connectivity index (χ2v) is 4.26. The summed E-state index contributed by atoms with van der Waals surface area (Å²) in [5.41, 5.74) is 5.98. The Bertz CT molecular complexity index is 653. The van der Waals surface area contributed by atoms with Crippen LogP contribution in [-0.2, 0) is 0 Å². The van der Waals surface area contributed by atoms with E-state index >= 15 is 0 Å². The molecule has 5 heteroatoms. The number of rotatable bonds is 3. The molecule has 0 aromatic heterocycles. The van der Waals surface area contributed by atoms with E-state index in [1.165, 1.54) is 48.3 Å². The average molecular weight is 272 g/mol. The van der Waals surface area contributed by atoms with Crippen molar-refractivity contribution < 1.29 is 14.0 Å². The van der Waals surface area contributed by atoms with Gasteiger partial charge in [-0.25, -0.2) is 4.39 Å². The lowest BCUT2D eigenvalue weighted by molar-refractivity contribution is 0.0984. The molecule has 0 bridgehead atoms. The molecule has 0 fully saturated rings. The van der Waals surface area contributed by atoms with E-state index in [2.05, 4.69) is 0 Å². The van der Waals surface area contributed by atoms with Crippen LogP contribution in [0, 0.1) is 5.82 Å². The van der Waals surface area contributed by atoms with E-state index in [4.69, 9.17) is 5.73 Å². The second-order valence-electron chi connectivity index (χ2n) is 4.26. The van der Waals surface area contributed by atoms with Crippen molar-refractivity contribution in [3.05, 3.63) is 65.5 Å². The van der Waals surface area contributed by atoms with Gasteiger partial charge in [0.05, 0.1) is 5.69 Å². The van der Waals surface area contributed by atoms with Crippen LogP contribution in [0.3, 0.4) is 0 Å². The van der Waals surface area contributed by atoms with Gasteiger partial charge in [0.1, 0.15) is 5.82 Å². The van der Waals surface area contributed by atoms with Crippen molar-refractivity contribution in [1.29, 1.82) is 0 Å². The van der Waals surface area contributed by atoms with Crippen LogP contribution in [-0.4, -0.2) is 18.9 Å². The van der Waals surface area contributed by atoms with E-state index in [0.717, 1.165) is 0 Å². The lowest BCUT2D eigenvalue weighted by Gasteiger charge is -2.18. The zero-order chi connectivity index (χ0) is 14.7. The first-order valence-electron chi connectivity index (χ1n) is 5.93. The summed E-state index contributed by atoms with van der Waals surface area (Å²) in [7, 11) is 1.49. The molecule has 2 N–H and O–H groups in total. The Balaban J connectivity index is 2.27. The molecule has 2 rings (SSSR count). The SMILES string of the molecule is CN(C(=O)c1ccc(C(N)=O)cc1)c1ccccc1F. The highest BCUT2D eigenvalue weighted by molar-refractivity contribution is 6.06. The van der Waals surface area contributed by atoms with Gasteiger partial charge in [0.2, 0.25) is 5.91 Å². The first-order chi connectivity index (χ1) is 9.50. The molecule has 2 amide bonds. The number of primary amides is 1. The number of anilines is 1. The van der Waals surface area contributed by atoms with Crippen LogP contribution in [0.15, 0.2) is 48.5 Å². The molecule has 2 aromatic rings. The monoisotopic (exact) mass is 272 g/mol. The Labute approximate surface area is 115 Å². The summed E-state index contributed by atoms with van der Waals surface area (Å²) in [6, 6.07) is 11.9. The van der Waals surface area contributed by atoms with Crippen molar-refractivity contribution >= 4 is 17.5 Å². The minimum Gasteiger partial charge on any atom is -0.366 e. The van der Waals surface area contributed by atoms with Gasteiger partial charge < -0.3 is 10.6 Å². The molecule has 0 aliphatic carbocycles. The molecule has 0 aliphatic heterocycles. The van der Waals surface area contributed by atoms with Crippen molar-refractivity contribution in [2.75, 3.05) is 11.9 Å². The fourth-order valence-electron chi connectivity index (χ4n) is 1.80. The number of nitrogens with two attached hydrogens (primary N) is 1. The van der Waals surface area contributed by atoms with Crippen molar-refractivity contribution in [2.45, 2.75) is 0 Å². The van der Waals surface area contributed by atoms with Gasteiger partial charge in [-0.1, -0.05) is 12.1 Å². The van der Waals surface area contributed by atoms with E-state index in [-0.39, 0.29) is 11.6 Å². The van der Waals surface area contributed by atoms with Crippen LogP contribution < -0.4 is 10.6 Å². The number of carbonyl (C=O) groups is 2. The number of hydrogen-bond donors (Lipinski definition) is 1. The third-order valence-corrected chi connectivity index (χ3v) is 2.93. The van der Waals surface area contributed by atoms with Gasteiger partial charge in [-0.15, -0.1) is 0 Å². The van der Waals surface area contributed by atoms with Crippen LogP contribution >= 0.6 is 0 Å². The number of amides is 2. The van der Waals surface area contributed by atoms with Gasteiger partial charge in [0, 0.05) is 18.2 Å². The molecule has 0 heterocycles. The summed E-state index contributed by atoms with van der Waals surface area (Å²) < 4.78 is 13.6. The Hall–Kier alpha value is -2.69. The van der Waals surface area contributed by atoms with Gasteiger partial charge in [-0.2, -0.15) is 0 Å². The summed E-state index contributed by atoms with van der Waals surface area (Å²) >= 11 is 0. The summed E-state index contributed by atoms with van der Waals surface area (Å²) in [5, 5.41) is 0. The number of halogens is 1.